The molecule has 1 aromatic heterocycles. The first kappa shape index (κ1) is 13.0. The van der Waals surface area contributed by atoms with Gasteiger partial charge in [-0.3, -0.25) is 4.21 Å². The molecule has 0 saturated heterocycles. The molecule has 0 N–H and O–H groups in total. The summed E-state index contributed by atoms with van der Waals surface area (Å²) in [5, 5.41) is 0. The lowest BCUT2D eigenvalue weighted by molar-refractivity contribution is 0.626. The van der Waals surface area contributed by atoms with Crippen LogP contribution in [0.4, 0.5) is 4.39 Å². The van der Waals surface area contributed by atoms with Crippen molar-refractivity contribution in [2.24, 2.45) is 0 Å². The van der Waals surface area contributed by atoms with Crippen molar-refractivity contribution >= 4 is 10.8 Å². The Morgan fingerprint density at radius 2 is 2.06 bits per heavy atom. The third-order valence-corrected chi connectivity index (χ3v) is 3.97. The Kier molecular flexibility index (Phi) is 4.25. The second-order valence-corrected chi connectivity index (χ2v) is 5.47. The van der Waals surface area contributed by atoms with Crippen molar-refractivity contribution in [3.8, 4) is 0 Å². The van der Waals surface area contributed by atoms with Crippen LogP contribution in [0.2, 0.25) is 0 Å². The Hall–Kier alpha value is -1.49. The molecule has 96 valence electrons. The first-order valence-corrected chi connectivity index (χ1v) is 7.15. The summed E-state index contributed by atoms with van der Waals surface area (Å²) in [6.07, 6.45) is 4.49. The molecule has 18 heavy (non-hydrogen) atoms. The molecular formula is C13H15FN2OS. The molecule has 5 heteroatoms. The SMILES string of the molecule is CCCn1cncc1CS(=O)c1ccc(F)cc1. The molecule has 1 atom stereocenters. The predicted octanol–water partition coefficient (Wildman–Crippen LogP) is 2.74. The number of rotatable bonds is 5. The van der Waals surface area contributed by atoms with Crippen LogP contribution in [0.1, 0.15) is 19.0 Å². The lowest BCUT2D eigenvalue weighted by Gasteiger charge is -2.06. The highest BCUT2D eigenvalue weighted by Crippen LogP contribution is 2.13. The number of hydrogen-bond acceptors (Lipinski definition) is 2. The lowest BCUT2D eigenvalue weighted by atomic mass is 10.4. The van der Waals surface area contributed by atoms with Crippen LogP contribution in [-0.4, -0.2) is 13.8 Å². The minimum Gasteiger partial charge on any atom is -0.334 e. The lowest BCUT2D eigenvalue weighted by Crippen LogP contribution is -2.04. The average Bonchev–Trinajstić information content (AvgIpc) is 2.78. The van der Waals surface area contributed by atoms with E-state index in [4.69, 9.17) is 0 Å². The third kappa shape index (κ3) is 3.04. The van der Waals surface area contributed by atoms with E-state index >= 15 is 0 Å². The summed E-state index contributed by atoms with van der Waals surface area (Å²) in [6, 6.07) is 5.78. The van der Waals surface area contributed by atoms with E-state index in [1.54, 1.807) is 24.7 Å². The number of halogens is 1. The molecule has 0 saturated carbocycles. The zero-order valence-corrected chi connectivity index (χ0v) is 11.0. The summed E-state index contributed by atoms with van der Waals surface area (Å²) in [5.41, 5.74) is 0.944. The topological polar surface area (TPSA) is 34.9 Å². The Morgan fingerprint density at radius 1 is 1.33 bits per heavy atom. The van der Waals surface area contributed by atoms with E-state index in [1.807, 2.05) is 4.57 Å². The molecule has 0 aliphatic carbocycles. The van der Waals surface area contributed by atoms with Gasteiger partial charge in [0.2, 0.25) is 0 Å². The molecule has 2 rings (SSSR count). The first-order valence-electron chi connectivity index (χ1n) is 5.83. The quantitative estimate of drug-likeness (QED) is 0.834. The standard InChI is InChI=1S/C13H15FN2OS/c1-2-7-16-10-15-8-12(16)9-18(17)13-5-3-11(14)4-6-13/h3-6,8,10H,2,7,9H2,1H3. The van der Waals surface area contributed by atoms with E-state index in [-0.39, 0.29) is 5.82 Å². The maximum Gasteiger partial charge on any atom is 0.123 e. The molecule has 0 amide bonds. The van der Waals surface area contributed by atoms with Crippen LogP contribution < -0.4 is 0 Å². The van der Waals surface area contributed by atoms with Crippen LogP contribution in [0, 0.1) is 5.82 Å². The number of aromatic nitrogens is 2. The van der Waals surface area contributed by atoms with Gasteiger partial charge < -0.3 is 4.57 Å². The molecule has 2 aromatic rings. The van der Waals surface area contributed by atoms with Gasteiger partial charge in [-0.1, -0.05) is 6.92 Å². The van der Waals surface area contributed by atoms with Crippen LogP contribution in [0.5, 0.6) is 0 Å². The number of nitrogens with zero attached hydrogens (tertiary/aromatic N) is 2. The van der Waals surface area contributed by atoms with Crippen molar-refractivity contribution in [1.29, 1.82) is 0 Å². The Bertz CT molecular complexity index is 536. The highest BCUT2D eigenvalue weighted by Gasteiger charge is 2.09. The van der Waals surface area contributed by atoms with Crippen molar-refractivity contribution in [3.05, 3.63) is 48.3 Å². The molecule has 0 aliphatic heterocycles. The molecular weight excluding hydrogens is 251 g/mol. The number of hydrogen-bond donors (Lipinski definition) is 0. The van der Waals surface area contributed by atoms with Crippen LogP contribution in [0.3, 0.4) is 0 Å². The highest BCUT2D eigenvalue weighted by molar-refractivity contribution is 7.84. The zero-order chi connectivity index (χ0) is 13.0. The summed E-state index contributed by atoms with van der Waals surface area (Å²) in [4.78, 5) is 4.71. The molecule has 0 bridgehead atoms. The zero-order valence-electron chi connectivity index (χ0n) is 10.2. The average molecular weight is 266 g/mol. The Morgan fingerprint density at radius 3 is 2.72 bits per heavy atom. The molecule has 3 nitrogen and oxygen atoms in total. The van der Waals surface area contributed by atoms with Gasteiger partial charge in [-0.25, -0.2) is 9.37 Å². The van der Waals surface area contributed by atoms with Crippen LogP contribution in [-0.2, 0) is 23.1 Å². The predicted molar refractivity (Wildman–Crippen MR) is 69.0 cm³/mol. The number of aryl methyl sites for hydroxylation is 1. The second-order valence-electron chi connectivity index (χ2n) is 4.02. The van der Waals surface area contributed by atoms with Crippen molar-refractivity contribution < 1.29 is 8.60 Å². The van der Waals surface area contributed by atoms with Gasteiger partial charge in [-0.15, -0.1) is 0 Å². The maximum absolute atomic E-state index is 12.8. The fourth-order valence-electron chi connectivity index (χ4n) is 1.71. The molecule has 1 heterocycles. The molecule has 1 unspecified atom stereocenters. The van der Waals surface area contributed by atoms with E-state index < -0.39 is 10.8 Å². The largest absolute Gasteiger partial charge is 0.334 e. The number of imidazole rings is 1. The maximum atomic E-state index is 12.8. The third-order valence-electron chi connectivity index (χ3n) is 2.62. The monoisotopic (exact) mass is 266 g/mol. The molecule has 1 aromatic carbocycles. The molecule has 0 spiro atoms. The van der Waals surface area contributed by atoms with Crippen LogP contribution >= 0.6 is 0 Å². The van der Waals surface area contributed by atoms with Gasteiger partial charge in [0.05, 0.1) is 28.6 Å². The van der Waals surface area contributed by atoms with Crippen molar-refractivity contribution in [3.63, 3.8) is 0 Å². The summed E-state index contributed by atoms with van der Waals surface area (Å²) in [6.45, 7) is 2.96. The smallest absolute Gasteiger partial charge is 0.123 e. The summed E-state index contributed by atoms with van der Waals surface area (Å²) in [5.74, 6) is 0.0952. The van der Waals surface area contributed by atoms with Gasteiger partial charge in [0.25, 0.3) is 0 Å². The van der Waals surface area contributed by atoms with E-state index in [0.717, 1.165) is 18.7 Å². The minimum atomic E-state index is -1.16. The fourth-order valence-corrected chi connectivity index (χ4v) is 2.83. The highest BCUT2D eigenvalue weighted by atomic mass is 32.2. The second kappa shape index (κ2) is 5.91. The van der Waals surface area contributed by atoms with Gasteiger partial charge >= 0.3 is 0 Å². The van der Waals surface area contributed by atoms with Crippen molar-refractivity contribution in [1.82, 2.24) is 9.55 Å². The summed E-state index contributed by atoms with van der Waals surface area (Å²) in [7, 11) is -1.16. The Balaban J connectivity index is 2.11. The minimum absolute atomic E-state index is 0.313. The summed E-state index contributed by atoms with van der Waals surface area (Å²) >= 11 is 0. The van der Waals surface area contributed by atoms with E-state index in [1.165, 1.54) is 12.1 Å². The number of benzene rings is 1. The normalized spacial score (nSPS) is 12.6. The molecule has 0 fully saturated rings. The van der Waals surface area contributed by atoms with Crippen LogP contribution in [0.15, 0.2) is 41.7 Å². The van der Waals surface area contributed by atoms with Gasteiger partial charge in [-0.05, 0) is 30.7 Å². The first-order chi connectivity index (χ1) is 8.70. The Labute approximate surface area is 108 Å². The molecule has 0 aliphatic rings. The van der Waals surface area contributed by atoms with E-state index in [2.05, 4.69) is 11.9 Å². The fraction of sp³-hybridized carbons (Fsp3) is 0.308. The van der Waals surface area contributed by atoms with Crippen LogP contribution in [0.25, 0.3) is 0 Å². The van der Waals surface area contributed by atoms with Gasteiger partial charge in [-0.2, -0.15) is 0 Å². The van der Waals surface area contributed by atoms with E-state index in [0.29, 0.717) is 10.6 Å². The molecule has 0 radical (unpaired) electrons. The van der Waals surface area contributed by atoms with Gasteiger partial charge in [0.15, 0.2) is 0 Å². The van der Waals surface area contributed by atoms with Gasteiger partial charge in [0.1, 0.15) is 5.82 Å². The van der Waals surface area contributed by atoms with Gasteiger partial charge in [0, 0.05) is 17.6 Å². The van der Waals surface area contributed by atoms with E-state index in [9.17, 15) is 8.60 Å². The van der Waals surface area contributed by atoms with Crippen molar-refractivity contribution in [2.45, 2.75) is 30.5 Å². The summed E-state index contributed by atoms with van der Waals surface area (Å²) < 4.78 is 26.9. The van der Waals surface area contributed by atoms with Crippen molar-refractivity contribution in [2.75, 3.05) is 0 Å².